The van der Waals surface area contributed by atoms with Gasteiger partial charge in [-0.2, -0.15) is 0 Å². The molecule has 0 spiro atoms. The van der Waals surface area contributed by atoms with Crippen LogP contribution >= 0.6 is 0 Å². The van der Waals surface area contributed by atoms with Gasteiger partial charge in [-0.15, -0.1) is 0 Å². The molecule has 0 aromatic carbocycles. The third kappa shape index (κ3) is 2.84. The van der Waals surface area contributed by atoms with E-state index in [1.54, 1.807) is 0 Å². The van der Waals surface area contributed by atoms with Gasteiger partial charge in [0.05, 0.1) is 5.92 Å². The van der Waals surface area contributed by atoms with Crippen LogP contribution in [0.15, 0.2) is 12.2 Å². The number of hydrogen-bond acceptors (Lipinski definition) is 2. The van der Waals surface area contributed by atoms with Crippen LogP contribution in [0.5, 0.6) is 0 Å². The molecule has 1 rings (SSSR count). The molecule has 2 atom stereocenters. The molecule has 13 heavy (non-hydrogen) atoms. The Kier molecular flexibility index (Phi) is 3.48. The molecule has 0 bridgehead atoms. The molecule has 1 heterocycles. The molecule has 0 radical (unpaired) electrons. The van der Waals surface area contributed by atoms with Crippen molar-refractivity contribution in [2.24, 2.45) is 5.92 Å². The molecule has 1 aliphatic heterocycles. The number of carbonyl (C=O) groups excluding carboxylic acids is 1. The molecule has 1 fully saturated rings. The minimum atomic E-state index is 0.138. The van der Waals surface area contributed by atoms with Gasteiger partial charge < -0.3 is 10.6 Å². The highest BCUT2D eigenvalue weighted by Gasteiger charge is 2.28. The van der Waals surface area contributed by atoms with Gasteiger partial charge in [-0.3, -0.25) is 4.79 Å². The van der Waals surface area contributed by atoms with Crippen LogP contribution in [0.2, 0.25) is 0 Å². The van der Waals surface area contributed by atoms with Gasteiger partial charge in [0.15, 0.2) is 0 Å². The minimum absolute atomic E-state index is 0.138. The van der Waals surface area contributed by atoms with Crippen molar-refractivity contribution < 1.29 is 4.79 Å². The van der Waals surface area contributed by atoms with Crippen molar-refractivity contribution in [2.45, 2.75) is 26.3 Å². The van der Waals surface area contributed by atoms with E-state index in [9.17, 15) is 4.79 Å². The highest BCUT2D eigenvalue weighted by atomic mass is 16.1. The molecule has 0 aliphatic carbocycles. The Labute approximate surface area is 79.6 Å². The predicted molar refractivity (Wildman–Crippen MR) is 53.4 cm³/mol. The largest absolute Gasteiger partial charge is 0.352 e. The van der Waals surface area contributed by atoms with Gasteiger partial charge in [-0.05, 0) is 26.8 Å². The van der Waals surface area contributed by atoms with E-state index in [2.05, 4.69) is 24.1 Å². The van der Waals surface area contributed by atoms with Gasteiger partial charge >= 0.3 is 0 Å². The summed E-state index contributed by atoms with van der Waals surface area (Å²) in [5.74, 6) is 0.292. The Bertz CT molecular complexity index is 213. The van der Waals surface area contributed by atoms with Crippen LogP contribution in [-0.2, 0) is 4.79 Å². The van der Waals surface area contributed by atoms with Gasteiger partial charge in [0.1, 0.15) is 0 Å². The van der Waals surface area contributed by atoms with Crippen molar-refractivity contribution in [1.82, 2.24) is 10.6 Å². The van der Waals surface area contributed by atoms with E-state index in [0.29, 0.717) is 12.6 Å². The first-order valence-electron chi connectivity index (χ1n) is 4.76. The molecular weight excluding hydrogens is 164 g/mol. The molecule has 1 aliphatic rings. The average Bonchev–Trinajstić information content (AvgIpc) is 2.47. The number of amides is 1. The zero-order valence-electron chi connectivity index (χ0n) is 8.39. The van der Waals surface area contributed by atoms with E-state index in [-0.39, 0.29) is 11.8 Å². The topological polar surface area (TPSA) is 41.1 Å². The second-order valence-corrected chi connectivity index (χ2v) is 3.81. The molecule has 74 valence electrons. The van der Waals surface area contributed by atoms with Crippen molar-refractivity contribution in [1.29, 1.82) is 0 Å². The van der Waals surface area contributed by atoms with Crippen LogP contribution in [-0.4, -0.2) is 25.0 Å². The van der Waals surface area contributed by atoms with Crippen LogP contribution in [0.3, 0.4) is 0 Å². The summed E-state index contributed by atoms with van der Waals surface area (Å²) in [5.41, 5.74) is 0.993. The summed E-state index contributed by atoms with van der Waals surface area (Å²) in [7, 11) is 0. The Hall–Kier alpha value is -0.830. The molecule has 3 nitrogen and oxygen atoms in total. The summed E-state index contributed by atoms with van der Waals surface area (Å²) in [5, 5.41) is 6.13. The molecule has 3 heteroatoms. The van der Waals surface area contributed by atoms with Crippen LogP contribution < -0.4 is 10.6 Å². The second kappa shape index (κ2) is 4.42. The van der Waals surface area contributed by atoms with Crippen molar-refractivity contribution in [3.63, 3.8) is 0 Å². The van der Waals surface area contributed by atoms with E-state index in [4.69, 9.17) is 0 Å². The van der Waals surface area contributed by atoms with Crippen molar-refractivity contribution in [3.05, 3.63) is 12.2 Å². The maximum atomic E-state index is 11.6. The smallest absolute Gasteiger partial charge is 0.224 e. The lowest BCUT2D eigenvalue weighted by molar-refractivity contribution is -0.124. The van der Waals surface area contributed by atoms with Gasteiger partial charge in [0, 0.05) is 12.6 Å². The summed E-state index contributed by atoms with van der Waals surface area (Å²) in [6, 6.07) is 0.310. The van der Waals surface area contributed by atoms with Crippen molar-refractivity contribution in [2.75, 3.05) is 13.1 Å². The van der Waals surface area contributed by atoms with Crippen LogP contribution in [0.25, 0.3) is 0 Å². The number of hydrogen-bond donors (Lipinski definition) is 2. The van der Waals surface area contributed by atoms with E-state index >= 15 is 0 Å². The third-order valence-corrected chi connectivity index (χ3v) is 2.43. The van der Waals surface area contributed by atoms with Crippen molar-refractivity contribution in [3.8, 4) is 0 Å². The highest BCUT2D eigenvalue weighted by Crippen LogP contribution is 2.14. The standard InChI is InChI=1S/C10H18N2O/c1-7(2)6-12-10(13)9-4-5-11-8(9)3/h8-9,11H,1,4-6H2,2-3H3,(H,12,13). The fourth-order valence-electron chi connectivity index (χ4n) is 1.59. The summed E-state index contributed by atoms with van der Waals surface area (Å²) >= 11 is 0. The zero-order chi connectivity index (χ0) is 9.84. The molecule has 0 saturated carbocycles. The minimum Gasteiger partial charge on any atom is -0.352 e. The van der Waals surface area contributed by atoms with Gasteiger partial charge in [-0.1, -0.05) is 12.2 Å². The highest BCUT2D eigenvalue weighted by molar-refractivity contribution is 5.79. The lowest BCUT2D eigenvalue weighted by atomic mass is 10.0. The van der Waals surface area contributed by atoms with E-state index in [1.165, 1.54) is 0 Å². The normalized spacial score (nSPS) is 27.2. The lowest BCUT2D eigenvalue weighted by Gasteiger charge is -2.14. The molecule has 0 aromatic heterocycles. The first-order valence-corrected chi connectivity index (χ1v) is 4.76. The fourth-order valence-corrected chi connectivity index (χ4v) is 1.59. The Morgan fingerprint density at radius 2 is 2.38 bits per heavy atom. The SMILES string of the molecule is C=C(C)CNC(=O)C1CCNC1C. The van der Waals surface area contributed by atoms with E-state index < -0.39 is 0 Å². The van der Waals surface area contributed by atoms with Crippen LogP contribution in [0.1, 0.15) is 20.3 Å². The first kappa shape index (κ1) is 10.3. The number of rotatable bonds is 3. The second-order valence-electron chi connectivity index (χ2n) is 3.81. The van der Waals surface area contributed by atoms with Gasteiger partial charge in [0.2, 0.25) is 5.91 Å². The monoisotopic (exact) mass is 182 g/mol. The summed E-state index contributed by atoms with van der Waals surface area (Å²) in [4.78, 5) is 11.6. The maximum Gasteiger partial charge on any atom is 0.224 e. The average molecular weight is 182 g/mol. The molecule has 1 amide bonds. The van der Waals surface area contributed by atoms with Crippen LogP contribution in [0.4, 0.5) is 0 Å². The Morgan fingerprint density at radius 1 is 1.69 bits per heavy atom. The van der Waals surface area contributed by atoms with E-state index in [1.807, 2.05) is 6.92 Å². The summed E-state index contributed by atoms with van der Waals surface area (Å²) < 4.78 is 0. The Morgan fingerprint density at radius 3 is 2.85 bits per heavy atom. The molecule has 2 N–H and O–H groups in total. The van der Waals surface area contributed by atoms with Gasteiger partial charge in [-0.25, -0.2) is 0 Å². The molecular formula is C10H18N2O. The summed E-state index contributed by atoms with van der Waals surface area (Å²) in [6.07, 6.45) is 0.948. The fraction of sp³-hybridized carbons (Fsp3) is 0.700. The molecule has 0 aromatic rings. The van der Waals surface area contributed by atoms with E-state index in [0.717, 1.165) is 18.5 Å². The van der Waals surface area contributed by atoms with Gasteiger partial charge in [0.25, 0.3) is 0 Å². The summed E-state index contributed by atoms with van der Waals surface area (Å²) in [6.45, 7) is 9.26. The molecule has 1 saturated heterocycles. The third-order valence-electron chi connectivity index (χ3n) is 2.43. The Balaban J connectivity index is 2.34. The van der Waals surface area contributed by atoms with Crippen LogP contribution in [0, 0.1) is 5.92 Å². The number of carbonyl (C=O) groups is 1. The quantitative estimate of drug-likeness (QED) is 0.630. The van der Waals surface area contributed by atoms with Crippen molar-refractivity contribution >= 4 is 5.91 Å². The molecule has 2 unspecified atom stereocenters. The maximum absolute atomic E-state index is 11.6. The first-order chi connectivity index (χ1) is 6.11. The number of nitrogens with one attached hydrogen (secondary N) is 2. The predicted octanol–water partition coefficient (Wildman–Crippen LogP) is 0.677. The zero-order valence-corrected chi connectivity index (χ0v) is 8.39. The lowest BCUT2D eigenvalue weighted by Crippen LogP contribution is -2.37.